The van der Waals surface area contributed by atoms with Crippen molar-refractivity contribution in [2.24, 2.45) is 0 Å². The molecule has 0 heterocycles. The number of nitrogens with zero attached hydrogens (tertiary/aromatic N) is 1. The van der Waals surface area contributed by atoms with Crippen LogP contribution in [0.3, 0.4) is 0 Å². The molecular weight excluding hydrogens is 383 g/mol. The van der Waals surface area contributed by atoms with E-state index in [9.17, 15) is 13.2 Å². The monoisotopic (exact) mass is 400 g/mol. The summed E-state index contributed by atoms with van der Waals surface area (Å²) in [7, 11) is -3.67. The molecule has 0 radical (unpaired) electrons. The molecule has 0 unspecified atom stereocenters. The van der Waals surface area contributed by atoms with Crippen molar-refractivity contribution in [1.29, 1.82) is 0 Å². The molecule has 0 saturated heterocycles. The Morgan fingerprint density at radius 3 is 2.32 bits per heavy atom. The highest BCUT2D eigenvalue weighted by atomic mass is 35.5. The van der Waals surface area contributed by atoms with Crippen LogP contribution in [0, 0.1) is 0 Å². The normalized spacial score (nSPS) is 12.5. The van der Waals surface area contributed by atoms with Crippen molar-refractivity contribution in [2.45, 2.75) is 19.5 Å². The Morgan fingerprint density at radius 1 is 1.12 bits per heavy atom. The second-order valence-electron chi connectivity index (χ2n) is 5.56. The minimum absolute atomic E-state index is 0.271. The lowest BCUT2D eigenvalue weighted by Gasteiger charge is -2.28. The molecule has 2 rings (SSSR count). The summed E-state index contributed by atoms with van der Waals surface area (Å²) in [5, 5.41) is 3.73. The molecule has 1 N–H and O–H groups in total. The number of sulfonamides is 1. The first-order valence-electron chi connectivity index (χ1n) is 7.45. The maximum atomic E-state index is 12.5. The smallest absolute Gasteiger partial charge is 0.243 e. The summed E-state index contributed by atoms with van der Waals surface area (Å²) in [4.78, 5) is 12.5. The van der Waals surface area contributed by atoms with Gasteiger partial charge in [-0.1, -0.05) is 41.4 Å². The largest absolute Gasteiger partial charge is 0.350 e. The van der Waals surface area contributed by atoms with Crippen LogP contribution in [0.5, 0.6) is 0 Å². The Kier molecular flexibility index (Phi) is 6.32. The van der Waals surface area contributed by atoms with Gasteiger partial charge in [-0.15, -0.1) is 0 Å². The number of rotatable bonds is 6. The third-order valence-corrected chi connectivity index (χ3v) is 5.26. The maximum absolute atomic E-state index is 12.5. The summed E-state index contributed by atoms with van der Waals surface area (Å²) < 4.78 is 25.4. The molecule has 0 bridgehead atoms. The quantitative estimate of drug-likeness (QED) is 0.806. The molecular formula is C17H18Cl2N2O3S. The van der Waals surface area contributed by atoms with Crippen molar-refractivity contribution in [1.82, 2.24) is 5.32 Å². The second kappa shape index (κ2) is 8.08. The molecule has 0 aliphatic rings. The molecule has 2 aromatic rings. The van der Waals surface area contributed by atoms with Gasteiger partial charge < -0.3 is 5.32 Å². The van der Waals surface area contributed by atoms with E-state index in [0.29, 0.717) is 15.7 Å². The lowest BCUT2D eigenvalue weighted by Crippen LogP contribution is -2.47. The Morgan fingerprint density at radius 2 is 1.76 bits per heavy atom. The Labute approximate surface area is 157 Å². The van der Waals surface area contributed by atoms with Gasteiger partial charge in [0.15, 0.2) is 0 Å². The van der Waals surface area contributed by atoms with Gasteiger partial charge in [0.05, 0.1) is 11.9 Å². The van der Waals surface area contributed by atoms with Gasteiger partial charge in [-0.05, 0) is 42.8 Å². The highest BCUT2D eigenvalue weighted by Crippen LogP contribution is 2.24. The van der Waals surface area contributed by atoms with E-state index in [-0.39, 0.29) is 6.54 Å². The molecule has 0 fully saturated rings. The fourth-order valence-electron chi connectivity index (χ4n) is 2.36. The minimum atomic E-state index is -3.67. The van der Waals surface area contributed by atoms with Crippen molar-refractivity contribution in [2.75, 3.05) is 10.6 Å². The van der Waals surface area contributed by atoms with Crippen molar-refractivity contribution < 1.29 is 13.2 Å². The topological polar surface area (TPSA) is 66.5 Å². The van der Waals surface area contributed by atoms with Crippen molar-refractivity contribution >= 4 is 44.8 Å². The zero-order chi connectivity index (χ0) is 18.6. The van der Waals surface area contributed by atoms with E-state index in [0.717, 1.165) is 16.1 Å². The molecule has 8 heteroatoms. The van der Waals surface area contributed by atoms with E-state index in [1.54, 1.807) is 42.5 Å². The number of carbonyl (C=O) groups is 1. The van der Waals surface area contributed by atoms with E-state index in [1.165, 1.54) is 13.0 Å². The molecule has 0 aromatic heterocycles. The van der Waals surface area contributed by atoms with Gasteiger partial charge in [-0.2, -0.15) is 0 Å². The lowest BCUT2D eigenvalue weighted by atomic mass is 10.2. The van der Waals surface area contributed by atoms with Gasteiger partial charge in [0.25, 0.3) is 0 Å². The zero-order valence-corrected chi connectivity index (χ0v) is 16.1. The van der Waals surface area contributed by atoms with E-state index in [2.05, 4.69) is 5.32 Å². The number of halogens is 2. The predicted octanol–water partition coefficient (Wildman–Crippen LogP) is 3.46. The number of carbonyl (C=O) groups excluding carboxylic acids is 1. The summed E-state index contributed by atoms with van der Waals surface area (Å²) in [5.74, 6) is -0.416. The minimum Gasteiger partial charge on any atom is -0.350 e. The molecule has 25 heavy (non-hydrogen) atoms. The molecule has 0 saturated carbocycles. The summed E-state index contributed by atoms with van der Waals surface area (Å²) >= 11 is 11.8. The van der Waals surface area contributed by atoms with Gasteiger partial charge in [0.2, 0.25) is 15.9 Å². The third-order valence-electron chi connectivity index (χ3n) is 3.53. The molecule has 0 aliphatic carbocycles. The van der Waals surface area contributed by atoms with Gasteiger partial charge in [0.1, 0.15) is 6.04 Å². The SMILES string of the molecule is C[C@@H](C(=O)NCc1ccc(Cl)cc1)N(c1cccc(Cl)c1)S(C)(=O)=O. The van der Waals surface area contributed by atoms with Gasteiger partial charge >= 0.3 is 0 Å². The van der Waals surface area contributed by atoms with Gasteiger partial charge in [-0.25, -0.2) is 8.42 Å². The van der Waals surface area contributed by atoms with Gasteiger partial charge in [-0.3, -0.25) is 9.10 Å². The third kappa shape index (κ3) is 5.36. The first-order valence-corrected chi connectivity index (χ1v) is 10.1. The average molecular weight is 401 g/mol. The van der Waals surface area contributed by atoms with E-state index in [4.69, 9.17) is 23.2 Å². The van der Waals surface area contributed by atoms with Crippen LogP contribution < -0.4 is 9.62 Å². The lowest BCUT2D eigenvalue weighted by molar-refractivity contribution is -0.122. The van der Waals surface area contributed by atoms with Crippen LogP contribution in [0.25, 0.3) is 0 Å². The van der Waals surface area contributed by atoms with Crippen molar-refractivity contribution in [3.8, 4) is 0 Å². The number of hydrogen-bond acceptors (Lipinski definition) is 3. The summed E-state index contributed by atoms with van der Waals surface area (Å²) in [6.07, 6.45) is 1.05. The number of amides is 1. The molecule has 2 aromatic carbocycles. The van der Waals surface area contributed by atoms with Crippen LogP contribution in [-0.2, 0) is 21.4 Å². The average Bonchev–Trinajstić information content (AvgIpc) is 2.53. The number of nitrogens with one attached hydrogen (secondary N) is 1. The number of benzene rings is 2. The molecule has 1 amide bonds. The summed E-state index contributed by atoms with van der Waals surface area (Å²) in [5.41, 5.74) is 1.20. The van der Waals surface area contributed by atoms with Crippen LogP contribution in [-0.4, -0.2) is 26.6 Å². The van der Waals surface area contributed by atoms with E-state index in [1.807, 2.05) is 0 Å². The first kappa shape index (κ1) is 19.6. The summed E-state index contributed by atoms with van der Waals surface area (Å²) in [6, 6.07) is 12.5. The first-order chi connectivity index (χ1) is 11.7. The molecule has 134 valence electrons. The highest BCUT2D eigenvalue weighted by Gasteiger charge is 2.29. The fourth-order valence-corrected chi connectivity index (χ4v) is 3.84. The molecule has 5 nitrogen and oxygen atoms in total. The summed E-state index contributed by atoms with van der Waals surface area (Å²) in [6.45, 7) is 1.80. The zero-order valence-electron chi connectivity index (χ0n) is 13.7. The Balaban J connectivity index is 2.17. The van der Waals surface area contributed by atoms with Crippen LogP contribution in [0.15, 0.2) is 48.5 Å². The van der Waals surface area contributed by atoms with E-state index < -0.39 is 22.0 Å². The Hall–Kier alpha value is -1.76. The number of hydrogen-bond donors (Lipinski definition) is 1. The van der Waals surface area contributed by atoms with Crippen LogP contribution >= 0.6 is 23.2 Å². The van der Waals surface area contributed by atoms with Crippen LogP contribution in [0.4, 0.5) is 5.69 Å². The fraction of sp³-hybridized carbons (Fsp3) is 0.235. The van der Waals surface area contributed by atoms with Crippen LogP contribution in [0.1, 0.15) is 12.5 Å². The standard InChI is InChI=1S/C17H18Cl2N2O3S/c1-12(17(22)20-11-13-6-8-14(18)9-7-13)21(25(2,23)24)16-5-3-4-15(19)10-16/h3-10,12H,11H2,1-2H3,(H,20,22)/t12-/m0/s1. The van der Waals surface area contributed by atoms with Crippen molar-refractivity contribution in [3.63, 3.8) is 0 Å². The molecule has 1 atom stereocenters. The van der Waals surface area contributed by atoms with Gasteiger partial charge in [0, 0.05) is 16.6 Å². The predicted molar refractivity (Wildman–Crippen MR) is 102 cm³/mol. The second-order valence-corrected chi connectivity index (χ2v) is 8.29. The van der Waals surface area contributed by atoms with Crippen molar-refractivity contribution in [3.05, 3.63) is 64.1 Å². The van der Waals surface area contributed by atoms with Crippen LogP contribution in [0.2, 0.25) is 10.0 Å². The van der Waals surface area contributed by atoms with E-state index >= 15 is 0 Å². The Bertz CT molecular complexity index is 854. The maximum Gasteiger partial charge on any atom is 0.243 e. The number of anilines is 1. The molecule has 0 spiro atoms. The molecule has 0 aliphatic heterocycles. The highest BCUT2D eigenvalue weighted by molar-refractivity contribution is 7.92.